The van der Waals surface area contributed by atoms with E-state index < -0.39 is 5.97 Å². The van der Waals surface area contributed by atoms with Crippen molar-refractivity contribution < 1.29 is 14.3 Å². The quantitative estimate of drug-likeness (QED) is 0.861. The lowest BCUT2D eigenvalue weighted by Gasteiger charge is -2.04. The van der Waals surface area contributed by atoms with Crippen molar-refractivity contribution in [1.82, 2.24) is 4.98 Å². The van der Waals surface area contributed by atoms with E-state index in [1.165, 1.54) is 30.8 Å². The summed E-state index contributed by atoms with van der Waals surface area (Å²) in [6, 6.07) is 4.81. The minimum absolute atomic E-state index is 0.287. The van der Waals surface area contributed by atoms with Gasteiger partial charge in [-0.3, -0.25) is 9.78 Å². The van der Waals surface area contributed by atoms with E-state index in [-0.39, 0.29) is 5.91 Å². The number of esters is 1. The maximum Gasteiger partial charge on any atom is 0.340 e. The maximum atomic E-state index is 11.9. The summed E-state index contributed by atoms with van der Waals surface area (Å²) in [4.78, 5) is 27.2. The third-order valence-corrected chi connectivity index (χ3v) is 3.07. The number of amides is 1. The van der Waals surface area contributed by atoms with E-state index in [1.54, 1.807) is 23.6 Å². The molecule has 0 radical (unpaired) electrons. The fourth-order valence-electron chi connectivity index (χ4n) is 1.36. The van der Waals surface area contributed by atoms with Gasteiger partial charge in [-0.1, -0.05) is 0 Å². The second-order valence-electron chi connectivity index (χ2n) is 3.34. The predicted molar refractivity (Wildman–Crippen MR) is 67.8 cm³/mol. The number of pyridine rings is 1. The van der Waals surface area contributed by atoms with Gasteiger partial charge in [-0.2, -0.15) is 0 Å². The lowest BCUT2D eigenvalue weighted by Crippen LogP contribution is -2.13. The van der Waals surface area contributed by atoms with Crippen LogP contribution in [0.4, 0.5) is 5.00 Å². The molecule has 0 aromatic carbocycles. The molecule has 5 nitrogen and oxygen atoms in total. The van der Waals surface area contributed by atoms with Crippen molar-refractivity contribution in [2.45, 2.75) is 0 Å². The van der Waals surface area contributed by atoms with Crippen molar-refractivity contribution in [2.24, 2.45) is 0 Å². The summed E-state index contributed by atoms with van der Waals surface area (Å²) in [5.41, 5.74) is 0.833. The molecule has 1 amide bonds. The number of aromatic nitrogens is 1. The van der Waals surface area contributed by atoms with Crippen LogP contribution in [-0.2, 0) is 4.74 Å². The second kappa shape index (κ2) is 5.42. The van der Waals surface area contributed by atoms with Crippen LogP contribution in [-0.4, -0.2) is 24.0 Å². The molecule has 0 spiro atoms. The van der Waals surface area contributed by atoms with E-state index in [4.69, 9.17) is 0 Å². The van der Waals surface area contributed by atoms with Gasteiger partial charge in [0.05, 0.1) is 12.7 Å². The Morgan fingerprint density at radius 3 is 2.67 bits per heavy atom. The first kappa shape index (κ1) is 12.3. The summed E-state index contributed by atoms with van der Waals surface area (Å²) >= 11 is 1.27. The molecule has 2 heterocycles. The Balaban J connectivity index is 2.18. The third-order valence-electron chi connectivity index (χ3n) is 2.24. The third kappa shape index (κ3) is 2.54. The number of thiophene rings is 1. The number of hydrogen-bond acceptors (Lipinski definition) is 5. The molecule has 0 saturated carbocycles. The van der Waals surface area contributed by atoms with Crippen LogP contribution in [0.25, 0.3) is 0 Å². The number of methoxy groups -OCH3 is 1. The van der Waals surface area contributed by atoms with Crippen LogP contribution in [0.1, 0.15) is 20.7 Å². The number of nitrogens with one attached hydrogen (secondary N) is 1. The molecule has 0 saturated heterocycles. The molecule has 0 bridgehead atoms. The largest absolute Gasteiger partial charge is 0.465 e. The Morgan fingerprint density at radius 1 is 1.28 bits per heavy atom. The van der Waals surface area contributed by atoms with Gasteiger partial charge in [-0.15, -0.1) is 11.3 Å². The van der Waals surface area contributed by atoms with Gasteiger partial charge in [0.25, 0.3) is 5.91 Å². The van der Waals surface area contributed by atoms with Crippen molar-refractivity contribution in [1.29, 1.82) is 0 Å². The predicted octanol–water partition coefficient (Wildman–Crippen LogP) is 2.18. The summed E-state index contributed by atoms with van der Waals surface area (Å²) in [6.07, 6.45) is 3.06. The van der Waals surface area contributed by atoms with Crippen LogP contribution in [0.2, 0.25) is 0 Å². The van der Waals surface area contributed by atoms with Crippen molar-refractivity contribution in [3.05, 3.63) is 47.1 Å². The van der Waals surface area contributed by atoms with Crippen molar-refractivity contribution in [2.75, 3.05) is 12.4 Å². The lowest BCUT2D eigenvalue weighted by molar-refractivity contribution is 0.0602. The molecule has 2 aromatic rings. The molecule has 6 heteroatoms. The van der Waals surface area contributed by atoms with Crippen LogP contribution in [0.3, 0.4) is 0 Å². The fourth-order valence-corrected chi connectivity index (χ4v) is 2.13. The SMILES string of the molecule is COC(=O)c1ccsc1NC(=O)c1ccncc1. The second-order valence-corrected chi connectivity index (χ2v) is 4.26. The van der Waals surface area contributed by atoms with Gasteiger partial charge in [-0.05, 0) is 23.6 Å². The van der Waals surface area contributed by atoms with Crippen LogP contribution in [0.15, 0.2) is 36.0 Å². The molecule has 0 aliphatic rings. The van der Waals surface area contributed by atoms with Gasteiger partial charge in [0.2, 0.25) is 0 Å². The number of rotatable bonds is 3. The first-order valence-electron chi connectivity index (χ1n) is 5.09. The molecule has 0 aliphatic carbocycles. The Kier molecular flexibility index (Phi) is 3.69. The summed E-state index contributed by atoms with van der Waals surface area (Å²) < 4.78 is 4.63. The molecule has 0 fully saturated rings. The molecule has 0 atom stereocenters. The Labute approximate surface area is 107 Å². The number of nitrogens with zero attached hydrogens (tertiary/aromatic N) is 1. The Bertz CT molecular complexity index is 566. The molecule has 1 N–H and O–H groups in total. The number of carbonyl (C=O) groups excluding carboxylic acids is 2. The van der Waals surface area contributed by atoms with Crippen molar-refractivity contribution in [3.63, 3.8) is 0 Å². The van der Waals surface area contributed by atoms with E-state index in [0.717, 1.165) is 0 Å². The van der Waals surface area contributed by atoms with Gasteiger partial charge >= 0.3 is 5.97 Å². The summed E-state index contributed by atoms with van der Waals surface area (Å²) in [5, 5.41) is 4.87. The first-order chi connectivity index (χ1) is 8.72. The van der Waals surface area contributed by atoms with Crippen LogP contribution >= 0.6 is 11.3 Å². The summed E-state index contributed by atoms with van der Waals surface area (Å²) in [5.74, 6) is -0.758. The molecule has 92 valence electrons. The molecular weight excluding hydrogens is 252 g/mol. The highest BCUT2D eigenvalue weighted by atomic mass is 32.1. The van der Waals surface area contributed by atoms with Gasteiger partial charge in [0, 0.05) is 18.0 Å². The van der Waals surface area contributed by atoms with Crippen LogP contribution in [0.5, 0.6) is 0 Å². The molecule has 2 aromatic heterocycles. The van der Waals surface area contributed by atoms with Crippen molar-refractivity contribution in [3.8, 4) is 0 Å². The van der Waals surface area contributed by atoms with Crippen LogP contribution < -0.4 is 5.32 Å². The zero-order valence-electron chi connectivity index (χ0n) is 9.54. The molecule has 0 unspecified atom stereocenters. The minimum Gasteiger partial charge on any atom is -0.465 e. The highest BCUT2D eigenvalue weighted by Gasteiger charge is 2.15. The monoisotopic (exact) mass is 262 g/mol. The summed E-state index contributed by atoms with van der Waals surface area (Å²) in [6.45, 7) is 0. The number of anilines is 1. The van der Waals surface area contributed by atoms with Gasteiger partial charge < -0.3 is 10.1 Å². The van der Waals surface area contributed by atoms with E-state index in [0.29, 0.717) is 16.1 Å². The van der Waals surface area contributed by atoms with E-state index >= 15 is 0 Å². The van der Waals surface area contributed by atoms with Gasteiger partial charge in [0.15, 0.2) is 0 Å². The van der Waals surface area contributed by atoms with E-state index in [2.05, 4.69) is 15.0 Å². The Morgan fingerprint density at radius 2 is 2.00 bits per heavy atom. The summed E-state index contributed by atoms with van der Waals surface area (Å²) in [7, 11) is 1.30. The smallest absolute Gasteiger partial charge is 0.340 e. The Hall–Kier alpha value is -2.21. The number of hydrogen-bond donors (Lipinski definition) is 1. The average Bonchev–Trinajstić information content (AvgIpc) is 2.87. The van der Waals surface area contributed by atoms with E-state index in [9.17, 15) is 9.59 Å². The average molecular weight is 262 g/mol. The van der Waals surface area contributed by atoms with Gasteiger partial charge in [0.1, 0.15) is 5.00 Å². The standard InChI is InChI=1S/C12H10N2O3S/c1-17-12(16)9-4-7-18-11(9)14-10(15)8-2-5-13-6-3-8/h2-7H,1H3,(H,14,15). The van der Waals surface area contributed by atoms with Crippen molar-refractivity contribution >= 4 is 28.2 Å². The molecule has 18 heavy (non-hydrogen) atoms. The highest BCUT2D eigenvalue weighted by Crippen LogP contribution is 2.24. The molecule has 0 aliphatic heterocycles. The van der Waals surface area contributed by atoms with Crippen LogP contribution in [0, 0.1) is 0 Å². The normalized spacial score (nSPS) is 9.83. The van der Waals surface area contributed by atoms with Gasteiger partial charge in [-0.25, -0.2) is 4.79 Å². The highest BCUT2D eigenvalue weighted by molar-refractivity contribution is 7.14. The molecule has 2 rings (SSSR count). The number of ether oxygens (including phenoxy) is 1. The molecular formula is C12H10N2O3S. The zero-order valence-corrected chi connectivity index (χ0v) is 10.4. The fraction of sp³-hybridized carbons (Fsp3) is 0.0833. The maximum absolute atomic E-state index is 11.9. The lowest BCUT2D eigenvalue weighted by atomic mass is 10.2. The zero-order chi connectivity index (χ0) is 13.0. The number of carbonyl (C=O) groups is 2. The minimum atomic E-state index is -0.471. The first-order valence-corrected chi connectivity index (χ1v) is 5.97. The topological polar surface area (TPSA) is 68.3 Å². The van der Waals surface area contributed by atoms with E-state index in [1.807, 2.05) is 0 Å².